The topological polar surface area (TPSA) is 0 Å². The highest BCUT2D eigenvalue weighted by Gasteiger charge is 2.07. The molecule has 0 saturated carbocycles. The predicted molar refractivity (Wildman–Crippen MR) is 66.5 cm³/mol. The van der Waals surface area contributed by atoms with Crippen LogP contribution < -0.4 is 0 Å². The molecule has 2 rings (SSSR count). The van der Waals surface area contributed by atoms with E-state index in [-0.39, 0.29) is 0 Å². The molecule has 77 valence electrons. The minimum absolute atomic E-state index is 1.26. The van der Waals surface area contributed by atoms with Crippen molar-refractivity contribution >= 4 is 10.8 Å². The van der Waals surface area contributed by atoms with Gasteiger partial charge in [0.05, 0.1) is 0 Å². The quantitative estimate of drug-likeness (QED) is 0.594. The summed E-state index contributed by atoms with van der Waals surface area (Å²) in [5, 5.41) is 2.77. The maximum Gasteiger partial charge on any atom is -0.0111 e. The normalized spacial score (nSPS) is 11.0. The number of aryl methyl sites for hydroxylation is 5. The maximum absolute atomic E-state index is 3.43. The lowest BCUT2D eigenvalue weighted by Crippen LogP contribution is -1.92. The summed E-state index contributed by atoms with van der Waals surface area (Å²) >= 11 is 0. The van der Waals surface area contributed by atoms with Crippen LogP contribution in [0.1, 0.15) is 27.8 Å². The molecule has 0 bridgehead atoms. The van der Waals surface area contributed by atoms with Crippen molar-refractivity contribution in [3.8, 4) is 0 Å². The summed E-state index contributed by atoms with van der Waals surface area (Å²) in [7, 11) is 0. The largest absolute Gasteiger partial charge is 0.0584 e. The number of hydrogen-bond acceptors (Lipinski definition) is 0. The fraction of sp³-hybridized carbons (Fsp3) is 0.333. The second-order valence-corrected chi connectivity index (χ2v) is 4.43. The van der Waals surface area contributed by atoms with Crippen molar-refractivity contribution in [1.29, 1.82) is 0 Å². The summed E-state index contributed by atoms with van der Waals surface area (Å²) in [5.41, 5.74) is 6.68. The van der Waals surface area contributed by atoms with Crippen LogP contribution in [0.5, 0.6) is 0 Å². The van der Waals surface area contributed by atoms with Gasteiger partial charge in [0.1, 0.15) is 0 Å². The van der Waals surface area contributed by atoms with Crippen LogP contribution in [-0.4, -0.2) is 0 Å². The molecule has 0 aliphatic rings. The van der Waals surface area contributed by atoms with Gasteiger partial charge < -0.3 is 0 Å². The third-order valence-corrected chi connectivity index (χ3v) is 3.45. The van der Waals surface area contributed by atoms with Gasteiger partial charge in [0.2, 0.25) is 0 Å². The van der Waals surface area contributed by atoms with E-state index in [9.17, 15) is 0 Å². The average Bonchev–Trinajstić information content (AvgIpc) is 2.19. The Kier molecular flexibility index (Phi) is 2.30. The Morgan fingerprint density at radius 3 is 2.13 bits per heavy atom. The highest BCUT2D eigenvalue weighted by molar-refractivity contribution is 5.92. The summed E-state index contributed by atoms with van der Waals surface area (Å²) in [6.07, 6.45) is 0. The van der Waals surface area contributed by atoms with E-state index in [1.165, 1.54) is 38.6 Å². The Hall–Kier alpha value is -1.30. The van der Waals surface area contributed by atoms with Crippen LogP contribution in [0.25, 0.3) is 10.8 Å². The Morgan fingerprint density at radius 2 is 1.47 bits per heavy atom. The van der Waals surface area contributed by atoms with Crippen molar-refractivity contribution in [3.63, 3.8) is 0 Å². The minimum Gasteiger partial charge on any atom is -0.0584 e. The first-order valence-electron chi connectivity index (χ1n) is 5.41. The SMILES string of the molecule is Cc1[c]c(C)c2ccc(C)c(C)c2c1C. The molecule has 15 heavy (non-hydrogen) atoms. The second kappa shape index (κ2) is 3.37. The summed E-state index contributed by atoms with van der Waals surface area (Å²) in [5.74, 6) is 0. The molecule has 0 unspecified atom stereocenters. The molecule has 0 heterocycles. The van der Waals surface area contributed by atoms with Crippen LogP contribution in [0.4, 0.5) is 0 Å². The number of rotatable bonds is 0. The summed E-state index contributed by atoms with van der Waals surface area (Å²) in [6, 6.07) is 7.85. The highest BCUT2D eigenvalue weighted by Crippen LogP contribution is 2.29. The van der Waals surface area contributed by atoms with Gasteiger partial charge in [-0.15, -0.1) is 0 Å². The highest BCUT2D eigenvalue weighted by atomic mass is 14.1. The average molecular weight is 197 g/mol. The van der Waals surface area contributed by atoms with Crippen molar-refractivity contribution in [2.45, 2.75) is 34.6 Å². The molecular weight excluding hydrogens is 180 g/mol. The van der Waals surface area contributed by atoms with E-state index in [4.69, 9.17) is 0 Å². The van der Waals surface area contributed by atoms with Gasteiger partial charge in [-0.1, -0.05) is 12.1 Å². The third kappa shape index (κ3) is 1.45. The lowest BCUT2D eigenvalue weighted by Gasteiger charge is -2.13. The van der Waals surface area contributed by atoms with Crippen molar-refractivity contribution in [2.24, 2.45) is 0 Å². The van der Waals surface area contributed by atoms with Crippen LogP contribution >= 0.6 is 0 Å². The minimum atomic E-state index is 1.26. The van der Waals surface area contributed by atoms with Gasteiger partial charge in [-0.3, -0.25) is 0 Å². The van der Waals surface area contributed by atoms with Crippen molar-refractivity contribution in [2.75, 3.05) is 0 Å². The molecule has 0 spiro atoms. The molecule has 0 aliphatic carbocycles. The first kappa shape index (κ1) is 10.2. The first-order chi connectivity index (χ1) is 7.02. The monoisotopic (exact) mass is 197 g/mol. The van der Waals surface area contributed by atoms with E-state index in [1.54, 1.807) is 0 Å². The van der Waals surface area contributed by atoms with E-state index in [2.05, 4.69) is 52.8 Å². The van der Waals surface area contributed by atoms with Crippen molar-refractivity contribution in [3.05, 3.63) is 46.0 Å². The van der Waals surface area contributed by atoms with Gasteiger partial charge >= 0.3 is 0 Å². The van der Waals surface area contributed by atoms with Crippen LogP contribution in [-0.2, 0) is 0 Å². The van der Waals surface area contributed by atoms with E-state index >= 15 is 0 Å². The molecule has 0 N–H and O–H groups in total. The van der Waals surface area contributed by atoms with Gasteiger partial charge in [0.25, 0.3) is 0 Å². The van der Waals surface area contributed by atoms with Crippen LogP contribution in [0.2, 0.25) is 0 Å². The first-order valence-corrected chi connectivity index (χ1v) is 5.41. The van der Waals surface area contributed by atoms with Crippen LogP contribution in [0.15, 0.2) is 12.1 Å². The molecular formula is C15H17. The number of fused-ring (bicyclic) bond motifs is 1. The molecule has 0 amide bonds. The fourth-order valence-corrected chi connectivity index (χ4v) is 2.24. The molecule has 2 aromatic carbocycles. The van der Waals surface area contributed by atoms with E-state index in [0.717, 1.165) is 0 Å². The molecule has 0 fully saturated rings. The zero-order valence-electron chi connectivity index (χ0n) is 10.2. The molecule has 0 saturated heterocycles. The number of hydrogen-bond donors (Lipinski definition) is 0. The predicted octanol–water partition coefficient (Wildman–Crippen LogP) is 4.18. The Labute approximate surface area is 91.9 Å². The Morgan fingerprint density at radius 1 is 0.800 bits per heavy atom. The van der Waals surface area contributed by atoms with Crippen LogP contribution in [0.3, 0.4) is 0 Å². The summed E-state index contributed by atoms with van der Waals surface area (Å²) < 4.78 is 0. The van der Waals surface area contributed by atoms with Gasteiger partial charge in [0.15, 0.2) is 0 Å². The maximum atomic E-state index is 3.43. The van der Waals surface area contributed by atoms with Gasteiger partial charge in [-0.25, -0.2) is 0 Å². The molecule has 2 aromatic rings. The fourth-order valence-electron chi connectivity index (χ4n) is 2.24. The lowest BCUT2D eigenvalue weighted by atomic mass is 9.92. The standard InChI is InChI=1S/C15H17/c1-9-6-7-14-11(3)8-10(2)13(5)15(14)12(9)4/h6-7H,1-5H3. The van der Waals surface area contributed by atoms with Gasteiger partial charge in [0, 0.05) is 0 Å². The van der Waals surface area contributed by atoms with Crippen LogP contribution in [0, 0.1) is 40.7 Å². The molecule has 0 atom stereocenters. The Balaban J connectivity index is 3.04. The molecule has 0 aliphatic heterocycles. The zero-order valence-corrected chi connectivity index (χ0v) is 10.2. The smallest absolute Gasteiger partial charge is 0.0111 e. The molecule has 0 heteroatoms. The van der Waals surface area contributed by atoms with Gasteiger partial charge in [-0.05, 0) is 79.3 Å². The summed E-state index contributed by atoms with van der Waals surface area (Å²) in [4.78, 5) is 0. The molecule has 0 nitrogen and oxygen atoms in total. The van der Waals surface area contributed by atoms with E-state index in [1.807, 2.05) is 0 Å². The van der Waals surface area contributed by atoms with Crippen molar-refractivity contribution < 1.29 is 0 Å². The molecule has 1 radical (unpaired) electrons. The summed E-state index contributed by atoms with van der Waals surface area (Å²) in [6.45, 7) is 10.9. The van der Waals surface area contributed by atoms with E-state index in [0.29, 0.717) is 0 Å². The van der Waals surface area contributed by atoms with Gasteiger partial charge in [-0.2, -0.15) is 0 Å². The van der Waals surface area contributed by atoms with Crippen molar-refractivity contribution in [1.82, 2.24) is 0 Å². The number of benzene rings is 2. The zero-order chi connectivity index (χ0) is 11.2. The lowest BCUT2D eigenvalue weighted by molar-refractivity contribution is 1.30. The molecule has 0 aromatic heterocycles. The second-order valence-electron chi connectivity index (χ2n) is 4.43. The third-order valence-electron chi connectivity index (χ3n) is 3.45. The van der Waals surface area contributed by atoms with E-state index < -0.39 is 0 Å². The Bertz CT molecular complexity index is 525.